The summed E-state index contributed by atoms with van der Waals surface area (Å²) in [7, 11) is 4.94. The molecule has 2 aromatic heterocycles. The highest BCUT2D eigenvalue weighted by Crippen LogP contribution is 2.36. The summed E-state index contributed by atoms with van der Waals surface area (Å²) < 4.78 is 20.0. The molecular weight excluding hydrogens is 456 g/mol. The predicted octanol–water partition coefficient (Wildman–Crippen LogP) is 1.86. The molecule has 9 nitrogen and oxygen atoms in total. The molecule has 3 aromatic rings. The van der Waals surface area contributed by atoms with Crippen molar-refractivity contribution in [1.29, 1.82) is 0 Å². The number of benzene rings is 1. The van der Waals surface area contributed by atoms with Crippen LogP contribution in [0.3, 0.4) is 0 Å². The fourth-order valence-corrected chi connectivity index (χ4v) is 4.97. The van der Waals surface area contributed by atoms with Gasteiger partial charge in [0.25, 0.3) is 5.56 Å². The third-order valence-corrected chi connectivity index (χ3v) is 6.78. The quantitative estimate of drug-likeness (QED) is 0.498. The first kappa shape index (κ1) is 23.5. The Labute approximate surface area is 200 Å². The van der Waals surface area contributed by atoms with Gasteiger partial charge >= 0.3 is 5.97 Å². The van der Waals surface area contributed by atoms with Crippen molar-refractivity contribution in [1.82, 2.24) is 14.3 Å². The van der Waals surface area contributed by atoms with Crippen LogP contribution in [0.25, 0.3) is 6.08 Å². The Bertz CT molecular complexity index is 1480. The molecule has 1 unspecified atom stereocenters. The highest BCUT2D eigenvalue weighted by atomic mass is 32.1. The summed E-state index contributed by atoms with van der Waals surface area (Å²) in [5.41, 5.74) is 3.03. The molecule has 10 heteroatoms. The van der Waals surface area contributed by atoms with Crippen LogP contribution in [0.2, 0.25) is 0 Å². The van der Waals surface area contributed by atoms with Gasteiger partial charge in [0.05, 0.1) is 48.9 Å². The van der Waals surface area contributed by atoms with E-state index < -0.39 is 12.0 Å². The molecule has 1 aliphatic heterocycles. The Balaban J connectivity index is 1.98. The number of methoxy groups -OCH3 is 2. The predicted molar refractivity (Wildman–Crippen MR) is 128 cm³/mol. The minimum atomic E-state index is -0.729. The van der Waals surface area contributed by atoms with Gasteiger partial charge in [-0.3, -0.25) is 14.0 Å². The summed E-state index contributed by atoms with van der Waals surface area (Å²) >= 11 is 1.27. The van der Waals surface area contributed by atoms with E-state index in [0.717, 1.165) is 11.3 Å². The minimum Gasteiger partial charge on any atom is -0.493 e. The fourth-order valence-electron chi connectivity index (χ4n) is 3.93. The summed E-state index contributed by atoms with van der Waals surface area (Å²) in [5.74, 6) is 0.524. The lowest BCUT2D eigenvalue weighted by molar-refractivity contribution is -0.139. The molecule has 0 aliphatic carbocycles. The van der Waals surface area contributed by atoms with Crippen molar-refractivity contribution in [3.63, 3.8) is 0 Å². The van der Waals surface area contributed by atoms with Gasteiger partial charge in [-0.2, -0.15) is 5.10 Å². The van der Waals surface area contributed by atoms with Gasteiger partial charge in [-0.1, -0.05) is 17.4 Å². The van der Waals surface area contributed by atoms with Crippen LogP contribution in [0, 0.1) is 6.92 Å². The minimum absolute atomic E-state index is 0.207. The van der Waals surface area contributed by atoms with Gasteiger partial charge in [-0.05, 0) is 44.5 Å². The topological polar surface area (TPSA) is 96.9 Å². The van der Waals surface area contributed by atoms with Crippen LogP contribution in [0.1, 0.15) is 36.7 Å². The zero-order chi connectivity index (χ0) is 24.6. The number of esters is 1. The van der Waals surface area contributed by atoms with Crippen LogP contribution < -0.4 is 24.4 Å². The second-order valence-electron chi connectivity index (χ2n) is 7.73. The number of hydrogen-bond acceptors (Lipinski definition) is 8. The van der Waals surface area contributed by atoms with Gasteiger partial charge in [-0.15, -0.1) is 0 Å². The average Bonchev–Trinajstić information content (AvgIpc) is 3.30. The van der Waals surface area contributed by atoms with E-state index in [-0.39, 0.29) is 12.2 Å². The van der Waals surface area contributed by atoms with Gasteiger partial charge in [0.1, 0.15) is 0 Å². The van der Waals surface area contributed by atoms with Crippen molar-refractivity contribution in [3.05, 3.63) is 72.2 Å². The van der Waals surface area contributed by atoms with Crippen LogP contribution in [-0.2, 0) is 16.6 Å². The smallest absolute Gasteiger partial charge is 0.338 e. The summed E-state index contributed by atoms with van der Waals surface area (Å²) in [4.78, 5) is 31.8. The van der Waals surface area contributed by atoms with Crippen molar-refractivity contribution >= 4 is 23.4 Å². The zero-order valence-electron chi connectivity index (χ0n) is 19.9. The van der Waals surface area contributed by atoms with Crippen LogP contribution in [-0.4, -0.2) is 41.1 Å². The summed E-state index contributed by atoms with van der Waals surface area (Å²) in [6, 6.07) is 4.60. The van der Waals surface area contributed by atoms with Gasteiger partial charge in [-0.25, -0.2) is 9.79 Å². The number of allylic oxidation sites excluding steroid dienone is 1. The molecule has 1 aliphatic rings. The maximum atomic E-state index is 13.7. The molecule has 178 valence electrons. The van der Waals surface area contributed by atoms with E-state index >= 15 is 0 Å². The van der Waals surface area contributed by atoms with E-state index in [0.29, 0.717) is 37.7 Å². The number of carbonyl (C=O) groups is 1. The number of aromatic nitrogens is 3. The van der Waals surface area contributed by atoms with Gasteiger partial charge in [0, 0.05) is 18.3 Å². The standard InChI is InChI=1S/C24H26N4O5S/c1-7-33-23(30)20-13(2)26-24-28(21(20)15-8-9-17(31-5)18(10-15)32-6)22(29)19(34-24)11-16-12-25-27(4)14(16)3/h8-12,21H,7H2,1-6H3. The third kappa shape index (κ3) is 3.94. The summed E-state index contributed by atoms with van der Waals surface area (Å²) in [6.45, 7) is 5.64. The highest BCUT2D eigenvalue weighted by Gasteiger charge is 2.34. The molecule has 0 N–H and O–H groups in total. The van der Waals surface area contributed by atoms with E-state index in [1.807, 2.05) is 20.0 Å². The number of aryl methyl sites for hydroxylation is 1. The SMILES string of the molecule is CCOC(=O)C1=C(C)N=c2sc(=Cc3cnn(C)c3C)c(=O)n2C1c1ccc(OC)c(OC)c1. The monoisotopic (exact) mass is 482 g/mol. The summed E-state index contributed by atoms with van der Waals surface area (Å²) in [5, 5.41) is 4.25. The highest BCUT2D eigenvalue weighted by molar-refractivity contribution is 7.07. The molecular formula is C24H26N4O5S. The van der Waals surface area contributed by atoms with E-state index in [4.69, 9.17) is 14.2 Å². The first-order valence-corrected chi connectivity index (χ1v) is 11.5. The van der Waals surface area contributed by atoms with Crippen molar-refractivity contribution < 1.29 is 19.0 Å². The van der Waals surface area contributed by atoms with Crippen molar-refractivity contribution in [2.24, 2.45) is 12.0 Å². The molecule has 4 rings (SSSR count). The number of fused-ring (bicyclic) bond motifs is 1. The van der Waals surface area contributed by atoms with Gasteiger partial charge < -0.3 is 14.2 Å². The van der Waals surface area contributed by atoms with E-state index in [1.54, 1.807) is 54.6 Å². The number of thiazole rings is 1. The van der Waals surface area contributed by atoms with E-state index in [1.165, 1.54) is 18.4 Å². The first-order valence-electron chi connectivity index (χ1n) is 10.7. The molecule has 34 heavy (non-hydrogen) atoms. The maximum absolute atomic E-state index is 13.7. The first-order chi connectivity index (χ1) is 16.3. The van der Waals surface area contributed by atoms with E-state index in [9.17, 15) is 9.59 Å². The molecule has 1 atom stereocenters. The van der Waals surface area contributed by atoms with Crippen molar-refractivity contribution in [2.45, 2.75) is 26.8 Å². The molecule has 0 spiro atoms. The molecule has 0 saturated heterocycles. The lowest BCUT2D eigenvalue weighted by Crippen LogP contribution is -2.40. The van der Waals surface area contributed by atoms with Crippen LogP contribution in [0.4, 0.5) is 0 Å². The number of nitrogens with zero attached hydrogens (tertiary/aromatic N) is 4. The number of carbonyl (C=O) groups excluding carboxylic acids is 1. The zero-order valence-corrected chi connectivity index (χ0v) is 20.7. The fraction of sp³-hybridized carbons (Fsp3) is 0.333. The number of rotatable bonds is 6. The molecule has 0 amide bonds. The summed E-state index contributed by atoms with van der Waals surface area (Å²) in [6.07, 6.45) is 3.52. The van der Waals surface area contributed by atoms with E-state index in [2.05, 4.69) is 10.1 Å². The third-order valence-electron chi connectivity index (χ3n) is 5.80. The molecule has 0 radical (unpaired) electrons. The Morgan fingerprint density at radius 3 is 2.56 bits per heavy atom. The largest absolute Gasteiger partial charge is 0.493 e. The Hall–Kier alpha value is -3.66. The average molecular weight is 483 g/mol. The van der Waals surface area contributed by atoms with Crippen LogP contribution in [0.5, 0.6) is 11.5 Å². The molecule has 1 aromatic carbocycles. The Morgan fingerprint density at radius 1 is 1.21 bits per heavy atom. The lowest BCUT2D eigenvalue weighted by atomic mass is 9.95. The van der Waals surface area contributed by atoms with Crippen LogP contribution in [0.15, 0.2) is 45.5 Å². The molecule has 0 fully saturated rings. The molecule has 0 saturated carbocycles. The Kier molecular flexibility index (Phi) is 6.43. The molecule has 3 heterocycles. The second-order valence-corrected chi connectivity index (χ2v) is 8.73. The van der Waals surface area contributed by atoms with Gasteiger partial charge in [0.2, 0.25) is 0 Å². The van der Waals surface area contributed by atoms with Crippen molar-refractivity contribution in [2.75, 3.05) is 20.8 Å². The number of ether oxygens (including phenoxy) is 3. The lowest BCUT2D eigenvalue weighted by Gasteiger charge is -2.25. The van der Waals surface area contributed by atoms with Crippen LogP contribution >= 0.6 is 11.3 Å². The second kappa shape index (κ2) is 9.30. The maximum Gasteiger partial charge on any atom is 0.338 e. The van der Waals surface area contributed by atoms with Gasteiger partial charge in [0.15, 0.2) is 16.3 Å². The normalized spacial score (nSPS) is 15.7. The van der Waals surface area contributed by atoms with Crippen molar-refractivity contribution in [3.8, 4) is 11.5 Å². The molecule has 0 bridgehead atoms. The number of hydrogen-bond donors (Lipinski definition) is 0. The Morgan fingerprint density at radius 2 is 1.94 bits per heavy atom.